The number of sulfonamides is 1. The maximum Gasteiger partial charge on any atom is 0.240 e. The van der Waals surface area contributed by atoms with E-state index in [2.05, 4.69) is 4.72 Å². The summed E-state index contributed by atoms with van der Waals surface area (Å²) in [6, 6.07) is 3.31. The molecule has 1 atom stereocenters. The van der Waals surface area contributed by atoms with Crippen molar-refractivity contribution in [1.82, 2.24) is 4.72 Å². The van der Waals surface area contributed by atoms with Crippen LogP contribution in [0.1, 0.15) is 18.4 Å². The van der Waals surface area contributed by atoms with Crippen LogP contribution >= 0.6 is 0 Å². The van der Waals surface area contributed by atoms with Gasteiger partial charge in [0, 0.05) is 18.7 Å². The third-order valence-electron chi connectivity index (χ3n) is 3.51. The number of nitrogens with two attached hydrogens (primary N) is 1. The number of hydrogen-bond donors (Lipinski definition) is 2. The zero-order valence-corrected chi connectivity index (χ0v) is 12.9. The van der Waals surface area contributed by atoms with E-state index in [9.17, 15) is 21.2 Å². The van der Waals surface area contributed by atoms with Crippen molar-refractivity contribution in [3.05, 3.63) is 29.6 Å². The van der Waals surface area contributed by atoms with Gasteiger partial charge in [-0.15, -0.1) is 0 Å². The monoisotopic (exact) mass is 336 g/mol. The molecule has 0 aliphatic carbocycles. The number of halogens is 1. The van der Waals surface area contributed by atoms with Crippen molar-refractivity contribution in [3.63, 3.8) is 0 Å². The molecule has 1 aliphatic rings. The fourth-order valence-electron chi connectivity index (χ4n) is 2.25. The fourth-order valence-corrected chi connectivity index (χ4v) is 5.25. The second-order valence-corrected chi connectivity index (χ2v) is 9.11. The second-order valence-electron chi connectivity index (χ2n) is 4.94. The first kappa shape index (κ1) is 16.3. The maximum atomic E-state index is 13.3. The van der Waals surface area contributed by atoms with Crippen molar-refractivity contribution in [2.24, 2.45) is 5.73 Å². The highest BCUT2D eigenvalue weighted by Crippen LogP contribution is 2.20. The van der Waals surface area contributed by atoms with E-state index < -0.39 is 30.9 Å². The molecule has 1 aliphatic heterocycles. The Morgan fingerprint density at radius 1 is 1.38 bits per heavy atom. The van der Waals surface area contributed by atoms with E-state index >= 15 is 0 Å². The van der Waals surface area contributed by atoms with Crippen molar-refractivity contribution < 1.29 is 21.2 Å². The molecule has 0 aromatic heterocycles. The van der Waals surface area contributed by atoms with E-state index in [1.54, 1.807) is 0 Å². The predicted octanol–water partition coefficient (Wildman–Crippen LogP) is 0.140. The Morgan fingerprint density at radius 3 is 2.67 bits per heavy atom. The highest BCUT2D eigenvalue weighted by molar-refractivity contribution is 7.92. The standard InChI is InChI=1S/C12H17FN2O4S2/c13-12-4-3-10(6-9(12)7-14)21(18,19)15-8-11-2-1-5-20(11,16)17/h3-4,6,11,15H,1-2,5,7-8,14H2. The van der Waals surface area contributed by atoms with Gasteiger partial charge in [0.1, 0.15) is 5.82 Å². The highest BCUT2D eigenvalue weighted by Gasteiger charge is 2.32. The van der Waals surface area contributed by atoms with Crippen LogP contribution in [0.3, 0.4) is 0 Å². The quantitative estimate of drug-likeness (QED) is 0.795. The zero-order chi connectivity index (χ0) is 15.7. The minimum Gasteiger partial charge on any atom is -0.326 e. The topological polar surface area (TPSA) is 106 Å². The number of sulfone groups is 1. The van der Waals surface area contributed by atoms with E-state index in [-0.39, 0.29) is 29.3 Å². The fraction of sp³-hybridized carbons (Fsp3) is 0.500. The van der Waals surface area contributed by atoms with Gasteiger partial charge < -0.3 is 5.73 Å². The van der Waals surface area contributed by atoms with Crippen molar-refractivity contribution >= 4 is 19.9 Å². The van der Waals surface area contributed by atoms with Crippen LogP contribution in [0.4, 0.5) is 4.39 Å². The van der Waals surface area contributed by atoms with Crippen LogP contribution in [0.5, 0.6) is 0 Å². The normalized spacial score (nSPS) is 21.5. The minimum absolute atomic E-state index is 0.0892. The third kappa shape index (κ3) is 3.60. The molecule has 2 rings (SSSR count). The van der Waals surface area contributed by atoms with Crippen molar-refractivity contribution in [2.45, 2.75) is 29.5 Å². The average Bonchev–Trinajstić information content (AvgIpc) is 2.76. The lowest BCUT2D eigenvalue weighted by Crippen LogP contribution is -2.34. The van der Waals surface area contributed by atoms with E-state index in [4.69, 9.17) is 5.73 Å². The third-order valence-corrected chi connectivity index (χ3v) is 7.21. The summed E-state index contributed by atoms with van der Waals surface area (Å²) >= 11 is 0. The lowest BCUT2D eigenvalue weighted by molar-refractivity contribution is 0.570. The summed E-state index contributed by atoms with van der Waals surface area (Å²) in [4.78, 5) is -0.125. The maximum absolute atomic E-state index is 13.3. The molecule has 1 heterocycles. The minimum atomic E-state index is -3.88. The largest absolute Gasteiger partial charge is 0.326 e. The Bertz CT molecular complexity index is 732. The van der Waals surface area contributed by atoms with Crippen LogP contribution in [-0.2, 0) is 26.4 Å². The molecule has 1 aromatic rings. The Kier molecular flexibility index (Phi) is 4.66. The lowest BCUT2D eigenvalue weighted by atomic mass is 10.2. The number of hydrogen-bond acceptors (Lipinski definition) is 5. The summed E-state index contributed by atoms with van der Waals surface area (Å²) in [6.07, 6.45) is 0.991. The van der Waals surface area contributed by atoms with E-state index in [1.807, 2.05) is 0 Å². The van der Waals surface area contributed by atoms with Crippen LogP contribution < -0.4 is 10.5 Å². The molecule has 21 heavy (non-hydrogen) atoms. The van der Waals surface area contributed by atoms with Gasteiger partial charge in [-0.1, -0.05) is 0 Å². The van der Waals surface area contributed by atoms with Gasteiger partial charge in [-0.25, -0.2) is 25.9 Å². The zero-order valence-electron chi connectivity index (χ0n) is 11.2. The van der Waals surface area contributed by atoms with Crippen molar-refractivity contribution in [1.29, 1.82) is 0 Å². The summed E-state index contributed by atoms with van der Waals surface area (Å²) in [5, 5.41) is -0.693. The summed E-state index contributed by atoms with van der Waals surface area (Å²) in [7, 11) is -7.10. The average molecular weight is 336 g/mol. The number of benzene rings is 1. The molecule has 0 spiro atoms. The van der Waals surface area contributed by atoms with Gasteiger partial charge in [0.25, 0.3) is 0 Å². The van der Waals surface area contributed by atoms with Gasteiger partial charge in [0.15, 0.2) is 9.84 Å². The van der Waals surface area contributed by atoms with E-state index in [0.717, 1.165) is 18.2 Å². The highest BCUT2D eigenvalue weighted by atomic mass is 32.2. The lowest BCUT2D eigenvalue weighted by Gasteiger charge is -2.12. The first-order valence-electron chi connectivity index (χ1n) is 6.46. The molecule has 9 heteroatoms. The van der Waals surface area contributed by atoms with Gasteiger partial charge in [-0.2, -0.15) is 0 Å². The van der Waals surface area contributed by atoms with Crippen molar-refractivity contribution in [3.8, 4) is 0 Å². The molecule has 1 saturated heterocycles. The summed E-state index contributed by atoms with van der Waals surface area (Å²) in [5.74, 6) is -0.484. The van der Waals surface area contributed by atoms with Gasteiger partial charge in [0.2, 0.25) is 10.0 Å². The molecule has 1 fully saturated rings. The summed E-state index contributed by atoms with van der Waals surface area (Å²) in [6.45, 7) is -0.286. The van der Waals surface area contributed by atoms with Crippen LogP contribution in [0.15, 0.2) is 23.1 Å². The predicted molar refractivity (Wildman–Crippen MR) is 76.3 cm³/mol. The number of nitrogens with one attached hydrogen (secondary N) is 1. The molecule has 0 amide bonds. The van der Waals surface area contributed by atoms with E-state index in [0.29, 0.717) is 12.8 Å². The molecule has 1 aromatic carbocycles. The molecule has 3 N–H and O–H groups in total. The molecular weight excluding hydrogens is 319 g/mol. The Balaban J connectivity index is 2.15. The molecule has 0 radical (unpaired) electrons. The molecule has 0 bridgehead atoms. The van der Waals surface area contributed by atoms with Gasteiger partial charge >= 0.3 is 0 Å². The summed E-state index contributed by atoms with van der Waals surface area (Å²) in [5.41, 5.74) is 5.43. The second kappa shape index (κ2) is 5.99. The van der Waals surface area contributed by atoms with Gasteiger partial charge in [0.05, 0.1) is 15.9 Å². The smallest absolute Gasteiger partial charge is 0.240 e. The molecular formula is C12H17FN2O4S2. The van der Waals surface area contributed by atoms with Gasteiger partial charge in [-0.05, 0) is 31.0 Å². The molecule has 6 nitrogen and oxygen atoms in total. The number of rotatable bonds is 5. The van der Waals surface area contributed by atoms with Crippen LogP contribution in [-0.4, -0.2) is 34.4 Å². The van der Waals surface area contributed by atoms with Crippen LogP contribution in [0, 0.1) is 5.82 Å². The molecule has 118 valence electrons. The Hall–Kier alpha value is -1.03. The van der Waals surface area contributed by atoms with Crippen LogP contribution in [0.2, 0.25) is 0 Å². The summed E-state index contributed by atoms with van der Waals surface area (Å²) < 4.78 is 63.1. The first-order valence-corrected chi connectivity index (χ1v) is 9.66. The SMILES string of the molecule is NCc1cc(S(=O)(=O)NCC2CCCS2(=O)=O)ccc1F. The Morgan fingerprint density at radius 2 is 2.10 bits per heavy atom. The van der Waals surface area contributed by atoms with Crippen LogP contribution in [0.25, 0.3) is 0 Å². The molecule has 1 unspecified atom stereocenters. The van der Waals surface area contributed by atoms with Crippen molar-refractivity contribution in [2.75, 3.05) is 12.3 Å². The van der Waals surface area contributed by atoms with E-state index in [1.165, 1.54) is 0 Å². The first-order chi connectivity index (χ1) is 9.76. The molecule has 0 saturated carbocycles. The Labute approximate surface area is 123 Å². The van der Waals surface area contributed by atoms with Gasteiger partial charge in [-0.3, -0.25) is 0 Å².